The van der Waals surface area contributed by atoms with Gasteiger partial charge in [-0.05, 0) is 0 Å². The Labute approximate surface area is 180 Å². The van der Waals surface area contributed by atoms with Gasteiger partial charge in [0.1, 0.15) is 25.4 Å². The molecule has 1 amide bonds. The molecule has 2 unspecified atom stereocenters. The van der Waals surface area contributed by atoms with E-state index in [1.807, 2.05) is 0 Å². The lowest BCUT2D eigenvalue weighted by atomic mass is 9.96. The summed E-state index contributed by atoms with van der Waals surface area (Å²) in [5.41, 5.74) is 0. The number of aliphatic hydroxyl groups excluding tert-OH is 1. The van der Waals surface area contributed by atoms with E-state index >= 15 is 0 Å². The molecule has 5 atom stereocenters. The van der Waals surface area contributed by atoms with Gasteiger partial charge in [0.25, 0.3) is 0 Å². The number of esters is 3. The Morgan fingerprint density at radius 1 is 0.966 bits per heavy atom. The first-order valence-corrected chi connectivity index (χ1v) is 9.25. The number of hydrogen-bond acceptors (Lipinski definition) is 10. The van der Waals surface area contributed by atoms with Crippen LogP contribution in [0.15, 0.2) is 0 Å². The smallest absolute Gasteiger partial charge is 0.407 e. The van der Waals surface area contributed by atoms with Crippen LogP contribution in [0.25, 0.3) is 0 Å². The van der Waals surface area contributed by atoms with Crippen LogP contribution in [0.3, 0.4) is 0 Å². The highest BCUT2D eigenvalue weighted by atomic mass is 35.6. The van der Waals surface area contributed by atoms with Gasteiger partial charge in [0.15, 0.2) is 18.5 Å². The number of carbonyl (C=O) groups is 4. The summed E-state index contributed by atoms with van der Waals surface area (Å²) in [6.45, 7) is 2.23. The maximum absolute atomic E-state index is 12.0. The van der Waals surface area contributed by atoms with Crippen molar-refractivity contribution in [1.82, 2.24) is 5.32 Å². The van der Waals surface area contributed by atoms with Crippen LogP contribution in [0.2, 0.25) is 0 Å². The van der Waals surface area contributed by atoms with E-state index in [1.54, 1.807) is 0 Å². The van der Waals surface area contributed by atoms with Gasteiger partial charge in [-0.1, -0.05) is 34.8 Å². The number of nitrogens with one attached hydrogen (secondary N) is 1. The van der Waals surface area contributed by atoms with Crippen LogP contribution in [0, 0.1) is 0 Å². The van der Waals surface area contributed by atoms with Gasteiger partial charge in [-0.2, -0.15) is 0 Å². The van der Waals surface area contributed by atoms with Crippen molar-refractivity contribution in [2.75, 3.05) is 13.2 Å². The van der Waals surface area contributed by atoms with Crippen LogP contribution < -0.4 is 5.32 Å². The highest BCUT2D eigenvalue weighted by Crippen LogP contribution is 2.27. The zero-order valence-corrected chi connectivity index (χ0v) is 17.8. The Kier molecular flexibility index (Phi) is 9.69. The number of alkyl carbamates (subject to hydrolysis) is 1. The lowest BCUT2D eigenvalue weighted by Gasteiger charge is -2.43. The van der Waals surface area contributed by atoms with Gasteiger partial charge in [0.05, 0.1) is 0 Å². The Bertz CT molecular complexity index is 626. The molecule has 1 fully saturated rings. The zero-order chi connectivity index (χ0) is 22.4. The topological polar surface area (TPSA) is 147 Å². The van der Waals surface area contributed by atoms with E-state index < -0.39 is 71.7 Å². The first-order chi connectivity index (χ1) is 13.3. The number of aliphatic hydroxyl groups is 1. The van der Waals surface area contributed by atoms with E-state index in [2.05, 4.69) is 5.32 Å². The fourth-order valence-corrected chi connectivity index (χ4v) is 2.56. The second-order valence-corrected chi connectivity index (χ2v) is 8.39. The summed E-state index contributed by atoms with van der Waals surface area (Å²) < 4.78 is 23.2. The molecular weight excluding hydrogens is 461 g/mol. The molecule has 0 spiro atoms. The Balaban J connectivity index is 3.06. The monoisotopic (exact) mass is 479 g/mol. The van der Waals surface area contributed by atoms with Crippen LogP contribution in [-0.2, 0) is 38.1 Å². The molecular formula is C15H20Cl3NO10. The number of ether oxygens (including phenoxy) is 5. The minimum Gasteiger partial charge on any atom is -0.463 e. The number of alkyl halides is 3. The fraction of sp³-hybridized carbons (Fsp3) is 0.733. The predicted octanol–water partition coefficient (Wildman–Crippen LogP) is 0.595. The first kappa shape index (κ1) is 25.5. The minimum absolute atomic E-state index is 0.424. The molecule has 0 aliphatic carbocycles. The number of carbonyl (C=O) groups excluding carboxylic acids is 4. The summed E-state index contributed by atoms with van der Waals surface area (Å²) in [6, 6.07) is -1.43. The Hall–Kier alpha value is -1.53. The van der Waals surface area contributed by atoms with Gasteiger partial charge >= 0.3 is 24.0 Å². The van der Waals surface area contributed by atoms with Crippen LogP contribution in [0.4, 0.5) is 4.79 Å². The average Bonchev–Trinajstić information content (AvgIpc) is 2.55. The van der Waals surface area contributed by atoms with E-state index in [-0.39, 0.29) is 0 Å². The Morgan fingerprint density at radius 3 is 2.00 bits per heavy atom. The van der Waals surface area contributed by atoms with Crippen molar-refractivity contribution in [3.8, 4) is 0 Å². The number of hydrogen-bond donors (Lipinski definition) is 2. The van der Waals surface area contributed by atoms with Gasteiger partial charge in [0, 0.05) is 20.8 Å². The standard InChI is InChI=1S/C15H20Cl3NO10/c1-6(20)25-4-9-11(27-7(2)21)12(28-8(3)22)10(13(23)29-9)19-14(24)26-5-15(16,17)18/h9-13,23H,4-5H2,1-3H3,(H,19,24)/t9?,10?,11-,12+,13+/m0/s1. The number of rotatable bonds is 6. The quantitative estimate of drug-likeness (QED) is 0.314. The third-order valence-electron chi connectivity index (χ3n) is 3.37. The lowest BCUT2D eigenvalue weighted by Crippen LogP contribution is -2.66. The summed E-state index contributed by atoms with van der Waals surface area (Å²) in [7, 11) is 0. The molecule has 29 heavy (non-hydrogen) atoms. The molecule has 2 N–H and O–H groups in total. The molecule has 0 bridgehead atoms. The highest BCUT2D eigenvalue weighted by Gasteiger charge is 2.50. The first-order valence-electron chi connectivity index (χ1n) is 8.11. The molecule has 1 saturated heterocycles. The summed E-state index contributed by atoms with van der Waals surface area (Å²) in [5.74, 6) is -2.25. The summed E-state index contributed by atoms with van der Waals surface area (Å²) in [4.78, 5) is 46.1. The molecule has 0 aromatic rings. The summed E-state index contributed by atoms with van der Waals surface area (Å²) >= 11 is 16.5. The molecule has 14 heteroatoms. The molecule has 0 aromatic carbocycles. The second kappa shape index (κ2) is 11.0. The van der Waals surface area contributed by atoms with Crippen molar-refractivity contribution in [2.24, 2.45) is 0 Å². The van der Waals surface area contributed by atoms with Crippen LogP contribution >= 0.6 is 34.8 Å². The normalized spacial score (nSPS) is 26.8. The molecule has 11 nitrogen and oxygen atoms in total. The minimum atomic E-state index is -1.89. The summed E-state index contributed by atoms with van der Waals surface area (Å²) in [6.07, 6.45) is -6.84. The van der Waals surface area contributed by atoms with Crippen molar-refractivity contribution in [3.05, 3.63) is 0 Å². The lowest BCUT2D eigenvalue weighted by molar-refractivity contribution is -0.264. The molecule has 1 rings (SSSR count). The molecule has 0 aromatic heterocycles. The van der Waals surface area contributed by atoms with Gasteiger partial charge in [-0.25, -0.2) is 4.79 Å². The van der Waals surface area contributed by atoms with E-state index in [0.29, 0.717) is 0 Å². The van der Waals surface area contributed by atoms with E-state index in [0.717, 1.165) is 20.8 Å². The highest BCUT2D eigenvalue weighted by molar-refractivity contribution is 6.67. The van der Waals surface area contributed by atoms with Crippen LogP contribution in [0.5, 0.6) is 0 Å². The van der Waals surface area contributed by atoms with Crippen LogP contribution in [0.1, 0.15) is 20.8 Å². The van der Waals surface area contributed by atoms with Crippen molar-refractivity contribution in [2.45, 2.75) is 55.2 Å². The number of halogens is 3. The maximum atomic E-state index is 12.0. The third kappa shape index (κ3) is 9.22. The summed E-state index contributed by atoms with van der Waals surface area (Å²) in [5, 5.41) is 12.5. The van der Waals surface area contributed by atoms with E-state index in [9.17, 15) is 24.3 Å². The van der Waals surface area contributed by atoms with Crippen molar-refractivity contribution < 1.29 is 48.0 Å². The molecule has 1 heterocycles. The molecule has 0 saturated carbocycles. The maximum Gasteiger partial charge on any atom is 0.407 e. The van der Waals surface area contributed by atoms with Gasteiger partial charge in [0.2, 0.25) is 3.79 Å². The predicted molar refractivity (Wildman–Crippen MR) is 97.2 cm³/mol. The zero-order valence-electron chi connectivity index (χ0n) is 15.6. The number of amides is 1. The van der Waals surface area contributed by atoms with Gasteiger partial charge in [-0.15, -0.1) is 0 Å². The van der Waals surface area contributed by atoms with E-state index in [4.69, 9.17) is 58.5 Å². The van der Waals surface area contributed by atoms with Gasteiger partial charge in [-0.3, -0.25) is 14.4 Å². The van der Waals surface area contributed by atoms with Gasteiger partial charge < -0.3 is 34.1 Å². The third-order valence-corrected chi connectivity index (χ3v) is 3.70. The largest absolute Gasteiger partial charge is 0.463 e. The van der Waals surface area contributed by atoms with Crippen molar-refractivity contribution in [1.29, 1.82) is 0 Å². The average molecular weight is 481 g/mol. The van der Waals surface area contributed by atoms with Crippen molar-refractivity contribution >= 4 is 58.8 Å². The SMILES string of the molecule is CC(=O)OCC1O[C@@H](O)C(NC(=O)OCC(Cl)(Cl)Cl)[C@@H](OC(C)=O)[C@H]1OC(C)=O. The Morgan fingerprint density at radius 2 is 1.52 bits per heavy atom. The van der Waals surface area contributed by atoms with E-state index in [1.165, 1.54) is 0 Å². The molecule has 1 aliphatic rings. The van der Waals surface area contributed by atoms with Crippen molar-refractivity contribution in [3.63, 3.8) is 0 Å². The molecule has 1 aliphatic heterocycles. The molecule has 166 valence electrons. The second-order valence-electron chi connectivity index (χ2n) is 5.88. The molecule has 0 radical (unpaired) electrons. The van der Waals surface area contributed by atoms with Crippen LogP contribution in [-0.4, -0.2) is 76.8 Å². The fourth-order valence-electron chi connectivity index (χ4n) is 2.40.